The fourth-order valence-electron chi connectivity index (χ4n) is 4.32. The van der Waals surface area contributed by atoms with Crippen molar-refractivity contribution in [2.75, 3.05) is 13.9 Å². The molecular formula is C24H19ClN2O4. The van der Waals surface area contributed by atoms with Gasteiger partial charge in [0.05, 0.1) is 18.9 Å². The van der Waals surface area contributed by atoms with Crippen LogP contribution in [0.25, 0.3) is 0 Å². The van der Waals surface area contributed by atoms with E-state index in [-0.39, 0.29) is 19.1 Å². The molecule has 3 aromatic rings. The number of nitrogens with zero attached hydrogens (tertiary/aromatic N) is 2. The number of ether oxygens (including phenoxy) is 4. The van der Waals surface area contributed by atoms with E-state index < -0.39 is 0 Å². The molecule has 156 valence electrons. The Morgan fingerprint density at radius 3 is 2.77 bits per heavy atom. The van der Waals surface area contributed by atoms with Crippen LogP contribution in [0.4, 0.5) is 0 Å². The number of hydrazone groups is 1. The van der Waals surface area contributed by atoms with Crippen molar-refractivity contribution in [1.82, 2.24) is 5.01 Å². The van der Waals surface area contributed by atoms with E-state index >= 15 is 0 Å². The van der Waals surface area contributed by atoms with Gasteiger partial charge in [-0.3, -0.25) is 0 Å². The molecule has 0 unspecified atom stereocenters. The molecule has 0 aliphatic carbocycles. The molecule has 0 aromatic heterocycles. The van der Waals surface area contributed by atoms with E-state index in [1.165, 1.54) is 0 Å². The van der Waals surface area contributed by atoms with Gasteiger partial charge in [-0.15, -0.1) is 0 Å². The van der Waals surface area contributed by atoms with Gasteiger partial charge in [0.1, 0.15) is 11.5 Å². The summed E-state index contributed by atoms with van der Waals surface area (Å²) in [5.74, 6) is 3.10. The SMILES string of the molecule is COc1cccc([C@H]2Oc3ccc(Cl)cc3[C@H]3CC(c4ccc5c(c4)OCO5)=NN32)c1. The second kappa shape index (κ2) is 7.10. The van der Waals surface area contributed by atoms with Crippen LogP contribution in [0.3, 0.4) is 0 Å². The second-order valence-corrected chi connectivity index (χ2v) is 8.08. The lowest BCUT2D eigenvalue weighted by Crippen LogP contribution is -2.33. The van der Waals surface area contributed by atoms with Crippen molar-refractivity contribution in [3.63, 3.8) is 0 Å². The minimum atomic E-state index is -0.375. The molecule has 0 N–H and O–H groups in total. The van der Waals surface area contributed by atoms with Gasteiger partial charge in [-0.05, 0) is 48.5 Å². The summed E-state index contributed by atoms with van der Waals surface area (Å²) in [7, 11) is 1.66. The normalized spacial score (nSPS) is 20.6. The average Bonchev–Trinajstić information content (AvgIpc) is 3.45. The lowest BCUT2D eigenvalue weighted by molar-refractivity contribution is -0.0191. The lowest BCUT2D eigenvalue weighted by atomic mass is 9.95. The molecule has 0 fully saturated rings. The van der Waals surface area contributed by atoms with Crippen LogP contribution in [0.5, 0.6) is 23.0 Å². The fraction of sp³-hybridized carbons (Fsp3) is 0.208. The van der Waals surface area contributed by atoms with E-state index in [2.05, 4.69) is 0 Å². The molecule has 31 heavy (non-hydrogen) atoms. The van der Waals surface area contributed by atoms with E-state index in [0.717, 1.165) is 51.8 Å². The Morgan fingerprint density at radius 1 is 1.00 bits per heavy atom. The van der Waals surface area contributed by atoms with Crippen LogP contribution in [0.1, 0.15) is 35.4 Å². The Labute approximate surface area is 184 Å². The molecule has 3 aromatic carbocycles. The van der Waals surface area contributed by atoms with Gasteiger partial charge < -0.3 is 18.9 Å². The molecule has 0 saturated carbocycles. The first kappa shape index (κ1) is 18.4. The second-order valence-electron chi connectivity index (χ2n) is 7.64. The van der Waals surface area contributed by atoms with Crippen LogP contribution in [-0.2, 0) is 0 Å². The first-order chi connectivity index (χ1) is 15.2. The Morgan fingerprint density at radius 2 is 1.87 bits per heavy atom. The predicted octanol–water partition coefficient (Wildman–Crippen LogP) is 5.32. The van der Waals surface area contributed by atoms with Crippen molar-refractivity contribution in [2.45, 2.75) is 18.7 Å². The zero-order valence-corrected chi connectivity index (χ0v) is 17.5. The summed E-state index contributed by atoms with van der Waals surface area (Å²) >= 11 is 6.32. The average molecular weight is 435 g/mol. The highest BCUT2D eigenvalue weighted by atomic mass is 35.5. The molecule has 0 bridgehead atoms. The van der Waals surface area contributed by atoms with E-state index in [4.69, 9.17) is 35.6 Å². The van der Waals surface area contributed by atoms with Crippen molar-refractivity contribution >= 4 is 17.3 Å². The summed E-state index contributed by atoms with van der Waals surface area (Å²) in [5.41, 5.74) is 3.98. The fourth-order valence-corrected chi connectivity index (χ4v) is 4.50. The van der Waals surface area contributed by atoms with Crippen LogP contribution in [-0.4, -0.2) is 24.6 Å². The molecule has 7 heteroatoms. The number of methoxy groups -OCH3 is 1. The van der Waals surface area contributed by atoms with Crippen molar-refractivity contribution in [3.05, 3.63) is 82.4 Å². The van der Waals surface area contributed by atoms with Crippen LogP contribution < -0.4 is 18.9 Å². The maximum atomic E-state index is 6.40. The monoisotopic (exact) mass is 434 g/mol. The quantitative estimate of drug-likeness (QED) is 0.558. The third kappa shape index (κ3) is 3.06. The van der Waals surface area contributed by atoms with E-state index in [1.54, 1.807) is 7.11 Å². The largest absolute Gasteiger partial charge is 0.497 e. The summed E-state index contributed by atoms with van der Waals surface area (Å²) < 4.78 is 22.8. The topological polar surface area (TPSA) is 52.5 Å². The van der Waals surface area contributed by atoms with Crippen LogP contribution in [0.15, 0.2) is 65.8 Å². The molecule has 0 amide bonds. The van der Waals surface area contributed by atoms with Crippen molar-refractivity contribution < 1.29 is 18.9 Å². The van der Waals surface area contributed by atoms with Gasteiger partial charge in [-0.25, -0.2) is 5.01 Å². The minimum absolute atomic E-state index is 0.0130. The predicted molar refractivity (Wildman–Crippen MR) is 116 cm³/mol. The van der Waals surface area contributed by atoms with Gasteiger partial charge in [-0.1, -0.05) is 23.7 Å². The highest BCUT2D eigenvalue weighted by Crippen LogP contribution is 2.48. The van der Waals surface area contributed by atoms with Gasteiger partial charge in [-0.2, -0.15) is 5.10 Å². The Balaban J connectivity index is 1.44. The molecule has 0 spiro atoms. The zero-order valence-electron chi connectivity index (χ0n) is 16.7. The number of halogens is 1. The van der Waals surface area contributed by atoms with Crippen LogP contribution in [0.2, 0.25) is 5.02 Å². The lowest BCUT2D eigenvalue weighted by Gasteiger charge is -2.38. The third-order valence-electron chi connectivity index (χ3n) is 5.84. The van der Waals surface area contributed by atoms with Crippen molar-refractivity contribution in [2.24, 2.45) is 5.10 Å². The van der Waals surface area contributed by atoms with Crippen molar-refractivity contribution in [3.8, 4) is 23.0 Å². The Bertz CT molecular complexity index is 1210. The highest BCUT2D eigenvalue weighted by Gasteiger charge is 2.41. The standard InChI is InChI=1S/C24H19ClN2O4/c1-28-17-4-2-3-15(9-17)24-27-20(18-11-16(25)6-8-21(18)31-24)12-19(26-27)14-5-7-22-23(10-14)30-13-29-22/h2-11,20,24H,12-13H2,1H3/t20-,24-/m1/s1. The molecule has 2 atom stereocenters. The number of rotatable bonds is 3. The summed E-state index contributed by atoms with van der Waals surface area (Å²) in [6, 6.07) is 19.6. The van der Waals surface area contributed by atoms with Gasteiger partial charge in [0.15, 0.2) is 11.5 Å². The summed E-state index contributed by atoms with van der Waals surface area (Å²) in [6.45, 7) is 0.248. The van der Waals surface area contributed by atoms with Gasteiger partial charge in [0.2, 0.25) is 13.0 Å². The first-order valence-electron chi connectivity index (χ1n) is 10.1. The van der Waals surface area contributed by atoms with E-state index in [9.17, 15) is 0 Å². The summed E-state index contributed by atoms with van der Waals surface area (Å²) in [5, 5.41) is 7.69. The number of benzene rings is 3. The van der Waals surface area contributed by atoms with Gasteiger partial charge >= 0.3 is 0 Å². The first-order valence-corrected chi connectivity index (χ1v) is 10.4. The molecule has 6 nitrogen and oxygen atoms in total. The number of fused-ring (bicyclic) bond motifs is 4. The van der Waals surface area contributed by atoms with Crippen LogP contribution in [0, 0.1) is 0 Å². The van der Waals surface area contributed by atoms with Crippen LogP contribution >= 0.6 is 11.6 Å². The maximum Gasteiger partial charge on any atom is 0.231 e. The van der Waals surface area contributed by atoms with Gasteiger partial charge in [0, 0.05) is 28.1 Å². The van der Waals surface area contributed by atoms with E-state index in [1.807, 2.05) is 65.7 Å². The molecule has 0 saturated heterocycles. The van der Waals surface area contributed by atoms with Gasteiger partial charge in [0.25, 0.3) is 0 Å². The Hall–Kier alpha value is -3.38. The molecule has 6 rings (SSSR count). The Kier molecular flexibility index (Phi) is 4.21. The van der Waals surface area contributed by atoms with Crippen molar-refractivity contribution in [1.29, 1.82) is 0 Å². The maximum absolute atomic E-state index is 6.40. The molecule has 3 aliphatic rings. The summed E-state index contributed by atoms with van der Waals surface area (Å²) in [4.78, 5) is 0. The smallest absolute Gasteiger partial charge is 0.231 e. The van der Waals surface area contributed by atoms with E-state index in [0.29, 0.717) is 5.02 Å². The number of hydrogen-bond acceptors (Lipinski definition) is 6. The minimum Gasteiger partial charge on any atom is -0.497 e. The third-order valence-corrected chi connectivity index (χ3v) is 6.07. The zero-order chi connectivity index (χ0) is 20.9. The number of hydrogen-bond donors (Lipinski definition) is 0. The molecule has 3 heterocycles. The molecule has 0 radical (unpaired) electrons. The molecular weight excluding hydrogens is 416 g/mol. The molecule has 3 aliphatic heterocycles. The summed E-state index contributed by atoms with van der Waals surface area (Å²) in [6.07, 6.45) is 0.358. The highest BCUT2D eigenvalue weighted by molar-refractivity contribution is 6.30.